The van der Waals surface area contributed by atoms with Gasteiger partial charge >= 0.3 is 6.18 Å². The number of alkyl halides is 3. The first kappa shape index (κ1) is 20.7. The van der Waals surface area contributed by atoms with Gasteiger partial charge in [0.1, 0.15) is 11.6 Å². The Morgan fingerprint density at radius 1 is 1.19 bits per heavy atom. The number of aromatic nitrogens is 4. The van der Waals surface area contributed by atoms with Crippen LogP contribution in [0.2, 0.25) is 0 Å². The van der Waals surface area contributed by atoms with Crippen molar-refractivity contribution in [3.05, 3.63) is 59.4 Å². The van der Waals surface area contributed by atoms with Gasteiger partial charge < -0.3 is 4.74 Å². The molecule has 2 aromatic heterocycles. The van der Waals surface area contributed by atoms with E-state index in [1.807, 2.05) is 0 Å². The molecule has 4 aromatic rings. The van der Waals surface area contributed by atoms with Crippen LogP contribution >= 0.6 is 11.3 Å². The Kier molecular flexibility index (Phi) is 5.31. The van der Waals surface area contributed by atoms with E-state index < -0.39 is 30.1 Å². The minimum atomic E-state index is -4.51. The van der Waals surface area contributed by atoms with Crippen molar-refractivity contribution in [3.63, 3.8) is 0 Å². The molecule has 2 aromatic carbocycles. The van der Waals surface area contributed by atoms with Gasteiger partial charge in [0.25, 0.3) is 5.91 Å². The second-order valence-corrected chi connectivity index (χ2v) is 7.41. The van der Waals surface area contributed by atoms with Crippen molar-refractivity contribution < 1.29 is 27.1 Å². The number of hydrogen-bond acceptors (Lipinski definition) is 6. The van der Waals surface area contributed by atoms with Crippen molar-refractivity contribution in [2.24, 2.45) is 0 Å². The van der Waals surface area contributed by atoms with E-state index in [1.54, 1.807) is 19.1 Å². The largest absolute Gasteiger partial charge is 0.484 e. The Morgan fingerprint density at radius 3 is 2.74 bits per heavy atom. The smallest absolute Gasteiger partial charge is 0.416 e. The zero-order valence-corrected chi connectivity index (χ0v) is 16.6. The highest BCUT2D eigenvalue weighted by Gasteiger charge is 2.30. The van der Waals surface area contributed by atoms with Crippen molar-refractivity contribution in [1.29, 1.82) is 0 Å². The summed E-state index contributed by atoms with van der Waals surface area (Å²) in [5, 5.41) is 14.8. The Morgan fingerprint density at radius 2 is 2.00 bits per heavy atom. The Hall–Kier alpha value is -3.54. The predicted octanol–water partition coefficient (Wildman–Crippen LogP) is 4.34. The maximum Gasteiger partial charge on any atom is 0.416 e. The number of carbonyl (C=O) groups is 1. The fourth-order valence-electron chi connectivity index (χ4n) is 2.65. The molecule has 160 valence electrons. The normalized spacial score (nSPS) is 11.6. The van der Waals surface area contributed by atoms with E-state index in [4.69, 9.17) is 4.74 Å². The molecule has 4 rings (SSSR count). The molecule has 7 nitrogen and oxygen atoms in total. The predicted molar refractivity (Wildman–Crippen MR) is 104 cm³/mol. The topological polar surface area (TPSA) is 81.4 Å². The first-order chi connectivity index (χ1) is 14.7. The van der Waals surface area contributed by atoms with Gasteiger partial charge in [-0.05, 0) is 36.8 Å². The molecule has 0 spiro atoms. The number of halogens is 4. The molecule has 0 saturated heterocycles. The molecular formula is C19H13F4N5O2S. The van der Waals surface area contributed by atoms with Gasteiger partial charge in [-0.3, -0.25) is 10.1 Å². The SMILES string of the molecule is Cc1ccc(-c2nnc3sc(NC(=O)COc4cccc(C(F)(F)F)c4)nn23)cc1F. The average molecular weight is 451 g/mol. The van der Waals surface area contributed by atoms with Crippen molar-refractivity contribution >= 4 is 27.3 Å². The van der Waals surface area contributed by atoms with Crippen LogP contribution in [0.15, 0.2) is 42.5 Å². The number of amides is 1. The van der Waals surface area contributed by atoms with Crippen LogP contribution in [0.1, 0.15) is 11.1 Å². The van der Waals surface area contributed by atoms with Crippen LogP contribution in [0.4, 0.5) is 22.7 Å². The Bertz CT molecular complexity index is 1270. The first-order valence-electron chi connectivity index (χ1n) is 8.79. The van der Waals surface area contributed by atoms with Crippen LogP contribution in [0.3, 0.4) is 0 Å². The molecule has 31 heavy (non-hydrogen) atoms. The quantitative estimate of drug-likeness (QED) is 0.457. The third kappa shape index (κ3) is 4.48. The van der Waals surface area contributed by atoms with Gasteiger partial charge in [0.15, 0.2) is 12.4 Å². The fraction of sp³-hybridized carbons (Fsp3) is 0.158. The number of nitrogens with one attached hydrogen (secondary N) is 1. The summed E-state index contributed by atoms with van der Waals surface area (Å²) in [7, 11) is 0. The van der Waals surface area contributed by atoms with Crippen LogP contribution < -0.4 is 10.1 Å². The summed E-state index contributed by atoms with van der Waals surface area (Å²) in [5.41, 5.74) is 0.0716. The number of nitrogens with zero attached hydrogens (tertiary/aromatic N) is 4. The molecule has 0 aliphatic rings. The first-order valence-corrected chi connectivity index (χ1v) is 9.61. The van der Waals surface area contributed by atoms with Gasteiger partial charge in [-0.1, -0.05) is 29.5 Å². The number of aryl methyl sites for hydroxylation is 1. The second-order valence-electron chi connectivity index (χ2n) is 6.45. The highest BCUT2D eigenvalue weighted by Crippen LogP contribution is 2.31. The molecule has 0 bridgehead atoms. The van der Waals surface area contributed by atoms with Crippen LogP contribution in [0, 0.1) is 12.7 Å². The third-order valence-electron chi connectivity index (χ3n) is 4.20. The number of ether oxygens (including phenoxy) is 1. The summed E-state index contributed by atoms with van der Waals surface area (Å²) in [6.07, 6.45) is -4.51. The zero-order valence-electron chi connectivity index (χ0n) is 15.8. The molecule has 0 saturated carbocycles. The van der Waals surface area contributed by atoms with Crippen LogP contribution in [-0.4, -0.2) is 32.3 Å². The summed E-state index contributed by atoms with van der Waals surface area (Å²) >= 11 is 1.02. The highest BCUT2D eigenvalue weighted by molar-refractivity contribution is 7.20. The van der Waals surface area contributed by atoms with Gasteiger partial charge in [0.2, 0.25) is 10.1 Å². The fourth-order valence-corrected chi connectivity index (χ4v) is 3.40. The average Bonchev–Trinajstić information content (AvgIpc) is 3.28. The Labute approximate surface area is 176 Å². The van der Waals surface area contributed by atoms with Gasteiger partial charge in [-0.25, -0.2) is 4.39 Å². The number of fused-ring (bicyclic) bond motifs is 1. The number of hydrogen-bond donors (Lipinski definition) is 1. The summed E-state index contributed by atoms with van der Waals surface area (Å²) in [5.74, 6) is -0.812. The summed E-state index contributed by atoms with van der Waals surface area (Å²) in [4.78, 5) is 12.5. The summed E-state index contributed by atoms with van der Waals surface area (Å²) in [6, 6.07) is 8.81. The number of rotatable bonds is 5. The monoisotopic (exact) mass is 451 g/mol. The maximum absolute atomic E-state index is 13.9. The van der Waals surface area contributed by atoms with E-state index >= 15 is 0 Å². The molecular weight excluding hydrogens is 438 g/mol. The van der Waals surface area contributed by atoms with E-state index in [9.17, 15) is 22.4 Å². The van der Waals surface area contributed by atoms with Gasteiger partial charge in [-0.15, -0.1) is 15.3 Å². The van der Waals surface area contributed by atoms with Crippen LogP contribution in [0.25, 0.3) is 16.3 Å². The molecule has 12 heteroatoms. The third-order valence-corrected chi connectivity index (χ3v) is 5.01. The van der Waals surface area contributed by atoms with Gasteiger partial charge in [0.05, 0.1) is 5.56 Å². The van der Waals surface area contributed by atoms with Gasteiger partial charge in [0, 0.05) is 5.56 Å². The lowest BCUT2D eigenvalue weighted by Crippen LogP contribution is -2.20. The Balaban J connectivity index is 1.45. The molecule has 1 amide bonds. The van der Waals surface area contributed by atoms with E-state index in [1.165, 1.54) is 22.7 Å². The summed E-state index contributed by atoms with van der Waals surface area (Å²) in [6.45, 7) is 1.12. The van der Waals surface area contributed by atoms with Crippen molar-refractivity contribution in [2.45, 2.75) is 13.1 Å². The van der Waals surface area contributed by atoms with Crippen molar-refractivity contribution in [1.82, 2.24) is 19.8 Å². The minimum absolute atomic E-state index is 0.0909. The molecule has 0 fully saturated rings. The maximum atomic E-state index is 13.9. The number of benzene rings is 2. The molecule has 2 heterocycles. The van der Waals surface area contributed by atoms with Gasteiger partial charge in [-0.2, -0.15) is 17.7 Å². The zero-order chi connectivity index (χ0) is 22.2. The van der Waals surface area contributed by atoms with E-state index in [0.29, 0.717) is 21.9 Å². The number of carbonyl (C=O) groups excluding carboxylic acids is 1. The molecule has 0 aliphatic carbocycles. The molecule has 0 aliphatic heterocycles. The summed E-state index contributed by atoms with van der Waals surface area (Å²) < 4.78 is 58.6. The minimum Gasteiger partial charge on any atom is -0.484 e. The van der Waals surface area contributed by atoms with E-state index in [2.05, 4.69) is 20.6 Å². The lowest BCUT2D eigenvalue weighted by molar-refractivity contribution is -0.137. The molecule has 0 radical (unpaired) electrons. The molecule has 0 unspecified atom stereocenters. The highest BCUT2D eigenvalue weighted by atomic mass is 32.1. The lowest BCUT2D eigenvalue weighted by atomic mass is 10.1. The van der Waals surface area contributed by atoms with E-state index in [-0.39, 0.29) is 10.9 Å². The second kappa shape index (κ2) is 7.95. The number of anilines is 1. The van der Waals surface area contributed by atoms with E-state index in [0.717, 1.165) is 23.5 Å². The molecule has 0 atom stereocenters. The van der Waals surface area contributed by atoms with Crippen molar-refractivity contribution in [2.75, 3.05) is 11.9 Å². The van der Waals surface area contributed by atoms with Crippen LogP contribution in [0.5, 0.6) is 5.75 Å². The lowest BCUT2D eigenvalue weighted by Gasteiger charge is -2.09. The van der Waals surface area contributed by atoms with Crippen molar-refractivity contribution in [3.8, 4) is 17.1 Å². The standard InChI is InChI=1S/C19H13F4N5O2S/c1-10-5-6-11(7-14(10)20)16-25-26-18-28(16)27-17(31-18)24-15(29)9-30-13-4-2-3-12(8-13)19(21,22)23/h2-8H,9H2,1H3,(H,24,27,29). The molecule has 1 N–H and O–H groups in total. The van der Waals surface area contributed by atoms with Crippen LogP contribution in [-0.2, 0) is 11.0 Å².